The number of fused-ring (bicyclic) bond motifs is 1. The van der Waals surface area contributed by atoms with Gasteiger partial charge in [0.25, 0.3) is 0 Å². The van der Waals surface area contributed by atoms with Gasteiger partial charge in [-0.25, -0.2) is 0 Å². The summed E-state index contributed by atoms with van der Waals surface area (Å²) in [5.74, 6) is 0.0503. The number of carbonyl (C=O) groups is 2. The van der Waals surface area contributed by atoms with E-state index in [1.165, 1.54) is 5.56 Å². The van der Waals surface area contributed by atoms with Crippen LogP contribution in [0.1, 0.15) is 43.2 Å². The molecule has 0 saturated heterocycles. The van der Waals surface area contributed by atoms with Crippen molar-refractivity contribution < 1.29 is 9.59 Å². The molecule has 0 spiro atoms. The zero-order valence-electron chi connectivity index (χ0n) is 15.3. The summed E-state index contributed by atoms with van der Waals surface area (Å²) < 4.78 is 0. The Hall–Kier alpha value is -2.62. The lowest BCUT2D eigenvalue weighted by Gasteiger charge is -2.18. The normalized spacial score (nSPS) is 14.0. The molecule has 0 fully saturated rings. The van der Waals surface area contributed by atoms with Gasteiger partial charge >= 0.3 is 0 Å². The van der Waals surface area contributed by atoms with E-state index in [2.05, 4.69) is 11.4 Å². The first kappa shape index (κ1) is 18.2. The summed E-state index contributed by atoms with van der Waals surface area (Å²) >= 11 is 0. The Balaban J connectivity index is 1.45. The highest BCUT2D eigenvalue weighted by Gasteiger charge is 2.23. The van der Waals surface area contributed by atoms with Gasteiger partial charge in [-0.15, -0.1) is 0 Å². The highest BCUT2D eigenvalue weighted by atomic mass is 16.2. The van der Waals surface area contributed by atoms with Crippen LogP contribution >= 0.6 is 0 Å². The Kier molecular flexibility index (Phi) is 6.05. The Bertz CT molecular complexity index is 742. The predicted octanol–water partition coefficient (Wildman–Crippen LogP) is 3.67. The summed E-state index contributed by atoms with van der Waals surface area (Å²) in [6, 6.07) is 17.9. The molecular weight excluding hydrogens is 324 g/mol. The molecule has 0 saturated carbocycles. The molecule has 1 aliphatic heterocycles. The molecule has 3 rings (SSSR count). The summed E-state index contributed by atoms with van der Waals surface area (Å²) in [6.07, 6.45) is 2.80. The molecule has 2 aromatic carbocycles. The summed E-state index contributed by atoms with van der Waals surface area (Å²) in [5, 5.41) is 2.99. The number of carbonyl (C=O) groups excluding carboxylic acids is 2. The molecule has 136 valence electrons. The minimum atomic E-state index is -0.127. The van der Waals surface area contributed by atoms with Crippen LogP contribution in [0.3, 0.4) is 0 Å². The first-order chi connectivity index (χ1) is 12.7. The number of hydrogen-bond donors (Lipinski definition) is 1. The van der Waals surface area contributed by atoms with Gasteiger partial charge < -0.3 is 10.2 Å². The standard InChI is InChI=1S/C22H26N2O2/c1-2-19(17-9-4-3-5-10-17)22(26)23-15-8-13-21(25)24-16-14-18-11-6-7-12-20(18)24/h3-7,9-12,19H,2,8,13-16H2,1H3,(H,23,26). The molecule has 0 bridgehead atoms. The Labute approximate surface area is 155 Å². The minimum Gasteiger partial charge on any atom is -0.356 e. The number of para-hydroxylation sites is 1. The van der Waals surface area contributed by atoms with Gasteiger partial charge in [0.1, 0.15) is 0 Å². The SMILES string of the molecule is CCC(C(=O)NCCCC(=O)N1CCc2ccccc21)c1ccccc1. The smallest absolute Gasteiger partial charge is 0.227 e. The third-order valence-electron chi connectivity index (χ3n) is 4.98. The molecule has 4 heteroatoms. The van der Waals surface area contributed by atoms with Crippen molar-refractivity contribution in [2.24, 2.45) is 0 Å². The van der Waals surface area contributed by atoms with E-state index in [4.69, 9.17) is 0 Å². The quantitative estimate of drug-likeness (QED) is 0.775. The van der Waals surface area contributed by atoms with E-state index in [0.717, 1.165) is 30.6 Å². The van der Waals surface area contributed by atoms with Crippen molar-refractivity contribution in [2.75, 3.05) is 18.0 Å². The highest BCUT2D eigenvalue weighted by Crippen LogP contribution is 2.28. The molecule has 0 aromatic heterocycles. The Morgan fingerprint density at radius 1 is 1.08 bits per heavy atom. The van der Waals surface area contributed by atoms with Crippen LogP contribution in [-0.2, 0) is 16.0 Å². The molecule has 2 amide bonds. The maximum absolute atomic E-state index is 12.5. The fourth-order valence-electron chi connectivity index (χ4n) is 3.56. The number of amides is 2. The number of hydrogen-bond acceptors (Lipinski definition) is 2. The van der Waals surface area contributed by atoms with Crippen molar-refractivity contribution in [3.63, 3.8) is 0 Å². The first-order valence-electron chi connectivity index (χ1n) is 9.41. The van der Waals surface area contributed by atoms with Gasteiger partial charge in [0.05, 0.1) is 5.92 Å². The van der Waals surface area contributed by atoms with Crippen LogP contribution in [0, 0.1) is 0 Å². The first-order valence-corrected chi connectivity index (χ1v) is 9.41. The lowest BCUT2D eigenvalue weighted by Crippen LogP contribution is -2.32. The van der Waals surface area contributed by atoms with Crippen LogP contribution in [0.25, 0.3) is 0 Å². The van der Waals surface area contributed by atoms with Crippen LogP contribution in [0.2, 0.25) is 0 Å². The molecule has 4 nitrogen and oxygen atoms in total. The molecule has 0 radical (unpaired) electrons. The monoisotopic (exact) mass is 350 g/mol. The van der Waals surface area contributed by atoms with Crippen molar-refractivity contribution >= 4 is 17.5 Å². The molecular formula is C22H26N2O2. The van der Waals surface area contributed by atoms with E-state index in [9.17, 15) is 9.59 Å². The predicted molar refractivity (Wildman–Crippen MR) is 104 cm³/mol. The summed E-state index contributed by atoms with van der Waals surface area (Å²) in [5.41, 5.74) is 3.32. The Morgan fingerprint density at radius 3 is 2.58 bits per heavy atom. The number of anilines is 1. The van der Waals surface area contributed by atoms with E-state index in [0.29, 0.717) is 19.4 Å². The van der Waals surface area contributed by atoms with Gasteiger partial charge in [0, 0.05) is 25.2 Å². The molecule has 1 aliphatic rings. The van der Waals surface area contributed by atoms with Crippen molar-refractivity contribution in [1.29, 1.82) is 0 Å². The number of rotatable bonds is 7. The maximum atomic E-state index is 12.5. The lowest BCUT2D eigenvalue weighted by atomic mass is 9.95. The molecule has 1 atom stereocenters. The summed E-state index contributed by atoms with van der Waals surface area (Å²) in [6.45, 7) is 3.31. The van der Waals surface area contributed by atoms with E-state index >= 15 is 0 Å². The third-order valence-corrected chi connectivity index (χ3v) is 4.98. The zero-order chi connectivity index (χ0) is 18.4. The average molecular weight is 350 g/mol. The average Bonchev–Trinajstić information content (AvgIpc) is 3.11. The van der Waals surface area contributed by atoms with Gasteiger partial charge in [-0.2, -0.15) is 0 Å². The molecule has 0 aliphatic carbocycles. The third kappa shape index (κ3) is 4.13. The number of nitrogens with zero attached hydrogens (tertiary/aromatic N) is 1. The van der Waals surface area contributed by atoms with Gasteiger partial charge in [-0.3, -0.25) is 9.59 Å². The summed E-state index contributed by atoms with van der Waals surface area (Å²) in [4.78, 5) is 26.8. The van der Waals surface area contributed by atoms with Crippen LogP contribution in [0.15, 0.2) is 54.6 Å². The zero-order valence-corrected chi connectivity index (χ0v) is 15.3. The largest absolute Gasteiger partial charge is 0.356 e. The van der Waals surface area contributed by atoms with Crippen LogP contribution < -0.4 is 10.2 Å². The fourth-order valence-corrected chi connectivity index (χ4v) is 3.56. The Morgan fingerprint density at radius 2 is 1.81 bits per heavy atom. The van der Waals surface area contributed by atoms with Crippen molar-refractivity contribution in [1.82, 2.24) is 5.32 Å². The summed E-state index contributed by atoms with van der Waals surface area (Å²) in [7, 11) is 0. The second kappa shape index (κ2) is 8.65. The second-order valence-electron chi connectivity index (χ2n) is 6.69. The van der Waals surface area contributed by atoms with Crippen LogP contribution in [0.5, 0.6) is 0 Å². The van der Waals surface area contributed by atoms with Gasteiger partial charge in [0.2, 0.25) is 11.8 Å². The van der Waals surface area contributed by atoms with Gasteiger partial charge in [-0.05, 0) is 36.5 Å². The topological polar surface area (TPSA) is 49.4 Å². The van der Waals surface area contributed by atoms with Gasteiger partial charge in [-0.1, -0.05) is 55.5 Å². The fraction of sp³-hybridized carbons (Fsp3) is 0.364. The number of nitrogens with one attached hydrogen (secondary N) is 1. The van der Waals surface area contributed by atoms with E-state index in [1.54, 1.807) is 0 Å². The number of benzene rings is 2. The highest BCUT2D eigenvalue weighted by molar-refractivity contribution is 5.95. The lowest BCUT2D eigenvalue weighted by molar-refractivity contribution is -0.123. The maximum Gasteiger partial charge on any atom is 0.227 e. The molecule has 1 unspecified atom stereocenters. The molecule has 1 N–H and O–H groups in total. The van der Waals surface area contributed by atoms with Crippen molar-refractivity contribution in [2.45, 2.75) is 38.5 Å². The minimum absolute atomic E-state index is 0.0395. The molecule has 2 aromatic rings. The van der Waals surface area contributed by atoms with E-state index in [-0.39, 0.29) is 17.7 Å². The molecule has 26 heavy (non-hydrogen) atoms. The van der Waals surface area contributed by atoms with Crippen molar-refractivity contribution in [3.05, 3.63) is 65.7 Å². The molecule has 1 heterocycles. The van der Waals surface area contributed by atoms with Crippen LogP contribution in [0.4, 0.5) is 5.69 Å². The van der Waals surface area contributed by atoms with E-state index in [1.807, 2.05) is 60.4 Å². The second-order valence-corrected chi connectivity index (χ2v) is 6.69. The van der Waals surface area contributed by atoms with Gasteiger partial charge in [0.15, 0.2) is 0 Å². The van der Waals surface area contributed by atoms with E-state index < -0.39 is 0 Å². The van der Waals surface area contributed by atoms with Crippen molar-refractivity contribution in [3.8, 4) is 0 Å². The van der Waals surface area contributed by atoms with Crippen LogP contribution in [-0.4, -0.2) is 24.9 Å².